The topological polar surface area (TPSA) is 58.5 Å². The van der Waals surface area contributed by atoms with Crippen molar-refractivity contribution in [1.82, 2.24) is 14.9 Å². The first-order valence-electron chi connectivity index (χ1n) is 7.49. The van der Waals surface area contributed by atoms with Crippen molar-refractivity contribution in [2.75, 3.05) is 33.9 Å². The molecule has 0 unspecified atom stereocenters. The standard InChI is InChI=1S/C17H23N3O2/c1-20(2)8-4-10-22-16-12-18-17(19-13-16)15-6-3-5-14(11-15)7-9-21/h3,5-6,11-13,21H,4,7-10H2,1-2H3. The second kappa shape index (κ2) is 8.46. The predicted molar refractivity (Wildman–Crippen MR) is 86.9 cm³/mol. The van der Waals surface area contributed by atoms with Crippen LogP contribution in [-0.2, 0) is 6.42 Å². The number of hydrogen-bond donors (Lipinski definition) is 1. The molecule has 0 aliphatic heterocycles. The van der Waals surface area contributed by atoms with E-state index in [0.717, 1.165) is 24.1 Å². The van der Waals surface area contributed by atoms with Crippen molar-refractivity contribution >= 4 is 0 Å². The van der Waals surface area contributed by atoms with Crippen LogP contribution in [0.5, 0.6) is 5.75 Å². The summed E-state index contributed by atoms with van der Waals surface area (Å²) in [6.45, 7) is 1.80. The Morgan fingerprint density at radius 2 is 1.95 bits per heavy atom. The van der Waals surface area contributed by atoms with E-state index < -0.39 is 0 Å². The molecule has 22 heavy (non-hydrogen) atoms. The molecule has 0 spiro atoms. The van der Waals surface area contributed by atoms with E-state index in [2.05, 4.69) is 14.9 Å². The molecule has 1 aromatic carbocycles. The van der Waals surface area contributed by atoms with Crippen molar-refractivity contribution in [2.24, 2.45) is 0 Å². The number of rotatable bonds is 8. The second-order valence-electron chi connectivity index (χ2n) is 5.42. The number of benzene rings is 1. The van der Waals surface area contributed by atoms with Crippen LogP contribution in [0, 0.1) is 0 Å². The van der Waals surface area contributed by atoms with Crippen LogP contribution in [0.25, 0.3) is 11.4 Å². The number of nitrogens with zero attached hydrogens (tertiary/aromatic N) is 3. The first-order valence-corrected chi connectivity index (χ1v) is 7.49. The van der Waals surface area contributed by atoms with E-state index in [4.69, 9.17) is 9.84 Å². The Balaban J connectivity index is 1.95. The maximum atomic E-state index is 9.00. The summed E-state index contributed by atoms with van der Waals surface area (Å²) in [7, 11) is 4.09. The molecule has 0 bridgehead atoms. The summed E-state index contributed by atoms with van der Waals surface area (Å²) in [5.41, 5.74) is 2.03. The summed E-state index contributed by atoms with van der Waals surface area (Å²) in [6, 6.07) is 7.91. The normalized spacial score (nSPS) is 10.9. The third-order valence-corrected chi connectivity index (χ3v) is 3.23. The Morgan fingerprint density at radius 3 is 2.64 bits per heavy atom. The first kappa shape index (κ1) is 16.4. The Morgan fingerprint density at radius 1 is 1.18 bits per heavy atom. The minimum atomic E-state index is 0.143. The molecule has 1 aromatic heterocycles. The van der Waals surface area contributed by atoms with Gasteiger partial charge in [-0.2, -0.15) is 0 Å². The highest BCUT2D eigenvalue weighted by atomic mass is 16.5. The fourth-order valence-corrected chi connectivity index (χ4v) is 2.11. The molecule has 2 rings (SSSR count). The summed E-state index contributed by atoms with van der Waals surface area (Å²) >= 11 is 0. The van der Waals surface area contributed by atoms with Gasteiger partial charge in [0, 0.05) is 18.7 Å². The zero-order valence-corrected chi connectivity index (χ0v) is 13.2. The highest BCUT2D eigenvalue weighted by Gasteiger charge is 2.03. The number of hydrogen-bond acceptors (Lipinski definition) is 5. The molecule has 118 valence electrons. The second-order valence-corrected chi connectivity index (χ2v) is 5.42. The van der Waals surface area contributed by atoms with Crippen LogP contribution in [0.3, 0.4) is 0 Å². The van der Waals surface area contributed by atoms with E-state index >= 15 is 0 Å². The summed E-state index contributed by atoms with van der Waals surface area (Å²) in [5.74, 6) is 1.36. The van der Waals surface area contributed by atoms with Gasteiger partial charge in [-0.15, -0.1) is 0 Å². The van der Waals surface area contributed by atoms with Crippen LogP contribution in [0.15, 0.2) is 36.7 Å². The van der Waals surface area contributed by atoms with Gasteiger partial charge in [-0.05, 0) is 38.6 Å². The van der Waals surface area contributed by atoms with Crippen LogP contribution in [-0.4, -0.2) is 53.8 Å². The van der Waals surface area contributed by atoms with Gasteiger partial charge in [0.05, 0.1) is 19.0 Å². The molecule has 0 radical (unpaired) electrons. The molecule has 0 aliphatic rings. The molecular formula is C17H23N3O2. The summed E-state index contributed by atoms with van der Waals surface area (Å²) in [4.78, 5) is 10.8. The van der Waals surface area contributed by atoms with Crippen molar-refractivity contribution in [3.63, 3.8) is 0 Å². The van der Waals surface area contributed by atoms with Gasteiger partial charge in [0.15, 0.2) is 11.6 Å². The molecule has 0 atom stereocenters. The summed E-state index contributed by atoms with van der Waals surface area (Å²) in [5, 5.41) is 9.00. The van der Waals surface area contributed by atoms with Crippen LogP contribution in [0.1, 0.15) is 12.0 Å². The largest absolute Gasteiger partial charge is 0.490 e. The molecule has 5 nitrogen and oxygen atoms in total. The first-order chi connectivity index (χ1) is 10.7. The lowest BCUT2D eigenvalue weighted by atomic mass is 10.1. The number of aliphatic hydroxyl groups excluding tert-OH is 1. The van der Waals surface area contributed by atoms with Gasteiger partial charge < -0.3 is 14.7 Å². The van der Waals surface area contributed by atoms with Crippen LogP contribution in [0.2, 0.25) is 0 Å². The minimum Gasteiger partial charge on any atom is -0.490 e. The van der Waals surface area contributed by atoms with Crippen molar-refractivity contribution < 1.29 is 9.84 Å². The fourth-order valence-electron chi connectivity index (χ4n) is 2.11. The van der Waals surface area contributed by atoms with E-state index in [-0.39, 0.29) is 6.61 Å². The third kappa shape index (κ3) is 5.09. The molecule has 1 N–H and O–H groups in total. The van der Waals surface area contributed by atoms with Gasteiger partial charge in [-0.25, -0.2) is 9.97 Å². The van der Waals surface area contributed by atoms with Gasteiger partial charge in [0.1, 0.15) is 0 Å². The number of aliphatic hydroxyl groups is 1. The van der Waals surface area contributed by atoms with Gasteiger partial charge in [0.2, 0.25) is 0 Å². The van der Waals surface area contributed by atoms with Gasteiger partial charge in [0.25, 0.3) is 0 Å². The van der Waals surface area contributed by atoms with Crippen molar-refractivity contribution in [3.8, 4) is 17.1 Å². The van der Waals surface area contributed by atoms with E-state index in [9.17, 15) is 0 Å². The Bertz CT molecular complexity index is 570. The van der Waals surface area contributed by atoms with Gasteiger partial charge >= 0.3 is 0 Å². The molecule has 5 heteroatoms. The average Bonchev–Trinajstić information content (AvgIpc) is 2.53. The minimum absolute atomic E-state index is 0.143. The Hall–Kier alpha value is -1.98. The van der Waals surface area contributed by atoms with Crippen LogP contribution < -0.4 is 4.74 Å². The molecule has 0 saturated heterocycles. The molecule has 0 saturated carbocycles. The van der Waals surface area contributed by atoms with E-state index in [1.807, 2.05) is 38.4 Å². The van der Waals surface area contributed by atoms with Crippen LogP contribution >= 0.6 is 0 Å². The number of aromatic nitrogens is 2. The van der Waals surface area contributed by atoms with Crippen molar-refractivity contribution in [1.29, 1.82) is 0 Å². The van der Waals surface area contributed by atoms with Crippen LogP contribution in [0.4, 0.5) is 0 Å². The predicted octanol–water partition coefficient (Wildman–Crippen LogP) is 2.01. The lowest BCUT2D eigenvalue weighted by molar-refractivity contribution is 0.280. The molecule has 0 aliphatic carbocycles. The maximum absolute atomic E-state index is 9.00. The lowest BCUT2D eigenvalue weighted by Gasteiger charge is -2.10. The van der Waals surface area contributed by atoms with E-state index in [1.54, 1.807) is 12.4 Å². The SMILES string of the molecule is CN(C)CCCOc1cnc(-c2cccc(CCO)c2)nc1. The van der Waals surface area contributed by atoms with Crippen molar-refractivity contribution in [3.05, 3.63) is 42.2 Å². The van der Waals surface area contributed by atoms with E-state index in [0.29, 0.717) is 24.6 Å². The monoisotopic (exact) mass is 301 g/mol. The number of ether oxygens (including phenoxy) is 1. The molecular weight excluding hydrogens is 278 g/mol. The van der Waals surface area contributed by atoms with Crippen molar-refractivity contribution in [2.45, 2.75) is 12.8 Å². The highest BCUT2D eigenvalue weighted by Crippen LogP contribution is 2.18. The molecule has 1 heterocycles. The third-order valence-electron chi connectivity index (χ3n) is 3.23. The summed E-state index contributed by atoms with van der Waals surface area (Å²) < 4.78 is 5.62. The Kier molecular flexibility index (Phi) is 6.30. The fraction of sp³-hybridized carbons (Fsp3) is 0.412. The molecule has 2 aromatic rings. The zero-order valence-electron chi connectivity index (χ0n) is 13.2. The Labute approximate surface area is 131 Å². The van der Waals surface area contributed by atoms with E-state index in [1.165, 1.54) is 0 Å². The molecule has 0 fully saturated rings. The smallest absolute Gasteiger partial charge is 0.159 e. The lowest BCUT2D eigenvalue weighted by Crippen LogP contribution is -2.15. The highest BCUT2D eigenvalue weighted by molar-refractivity contribution is 5.56. The average molecular weight is 301 g/mol. The summed E-state index contributed by atoms with van der Waals surface area (Å²) in [6.07, 6.45) is 5.02. The maximum Gasteiger partial charge on any atom is 0.159 e. The van der Waals surface area contributed by atoms with Gasteiger partial charge in [-0.3, -0.25) is 0 Å². The molecule has 0 amide bonds. The quantitative estimate of drug-likeness (QED) is 0.756. The van der Waals surface area contributed by atoms with Gasteiger partial charge in [-0.1, -0.05) is 18.2 Å². The zero-order chi connectivity index (χ0) is 15.8.